The third-order valence-electron chi connectivity index (χ3n) is 0. The van der Waals surface area contributed by atoms with Crippen LogP contribution in [-0.2, 0) is 50.3 Å². The third kappa shape index (κ3) is 8.82. The first-order valence-electron chi connectivity index (χ1n) is 0.605. The second kappa shape index (κ2) is 9.07. The Balaban J connectivity index is 0. The minimum absolute atomic E-state index is 0. The molecule has 1 nitrogen and oxygen atoms in total. The molecule has 0 rings (SSSR count). The molecule has 0 radical (unpaired) electrons. The topological polar surface area (TPSA) is 17.1 Å². The molecule has 0 amide bonds. The molecule has 0 aromatic carbocycles. The molecule has 0 saturated carbocycles. The van der Waals surface area contributed by atoms with Gasteiger partial charge in [0.15, 0.2) is 0 Å². The predicted octanol–water partition coefficient (Wildman–Crippen LogP) is -0.772. The Morgan fingerprint density at radius 3 is 1.75 bits per heavy atom. The van der Waals surface area contributed by atoms with Crippen LogP contribution < -0.4 is 0 Å². The maximum atomic E-state index is 9.18. The molecule has 0 heterocycles. The average molecular weight is 458 g/mol. The van der Waals surface area contributed by atoms with Crippen LogP contribution in [0.5, 0.6) is 0 Å². The van der Waals surface area contributed by atoms with Crippen LogP contribution in [0.4, 0.5) is 0 Å². The van der Waals surface area contributed by atoms with Crippen LogP contribution in [0.15, 0.2) is 0 Å². The Morgan fingerprint density at radius 2 is 1.75 bits per heavy atom. The summed E-state index contributed by atoms with van der Waals surface area (Å²) < 4.78 is 9.18. The zero-order valence-electron chi connectivity index (χ0n) is 2.27. The second-order valence-electron chi connectivity index (χ2n) is 0.129. The van der Waals surface area contributed by atoms with Gasteiger partial charge in [-0.05, 0) is 0 Å². The van der Waals surface area contributed by atoms with Gasteiger partial charge in [0.1, 0.15) is 0 Å². The van der Waals surface area contributed by atoms with Crippen LogP contribution in [0.25, 0.3) is 0 Å². The van der Waals surface area contributed by atoms with Crippen molar-refractivity contribution in [1.82, 2.24) is 0 Å². The summed E-state index contributed by atoms with van der Waals surface area (Å²) in [6.07, 6.45) is 0. The molecule has 0 N–H and O–H groups in total. The standard InChI is InChI=1S/Cd.Hg.O.H2Te/h;;;1H2/q;+1;;/p-1. The van der Waals surface area contributed by atoms with E-state index in [1.54, 1.807) is 0 Å². The zero-order valence-corrected chi connectivity index (χ0v) is 14.4. The van der Waals surface area contributed by atoms with Gasteiger partial charge in [0.25, 0.3) is 0 Å². The Bertz CT molecular complexity index is 15.5. The maximum absolute atomic E-state index is 9.18. The van der Waals surface area contributed by atoms with Crippen molar-refractivity contribution in [2.24, 2.45) is 0 Å². The van der Waals surface area contributed by atoms with Crippen molar-refractivity contribution in [3.63, 3.8) is 0 Å². The van der Waals surface area contributed by atoms with Gasteiger partial charge in [-0.15, -0.1) is 0 Å². The van der Waals surface area contributed by atoms with Gasteiger partial charge < -0.3 is 0 Å². The molecule has 17 valence electrons. The fourth-order valence-electron chi connectivity index (χ4n) is 0. The van der Waals surface area contributed by atoms with Gasteiger partial charge in [0, 0.05) is 27.3 Å². The summed E-state index contributed by atoms with van der Waals surface area (Å²) in [6, 6.07) is 0. The van der Waals surface area contributed by atoms with Crippen molar-refractivity contribution in [1.29, 1.82) is 0 Å². The molecular weight excluding hydrogens is 457 g/mol. The molecule has 0 spiro atoms. The van der Waals surface area contributed by atoms with E-state index in [-0.39, 0.29) is 27.3 Å². The monoisotopic (exact) mass is 463 g/mol. The first-order valence-corrected chi connectivity index (χ1v) is 21.1. The Hall–Kier alpha value is 2.45. The molecule has 0 bridgehead atoms. The molecule has 0 atom stereocenters. The molecule has 0 aromatic heterocycles. The predicted molar refractivity (Wildman–Crippen MR) is 7.84 cm³/mol. The molecule has 0 aliphatic rings. The van der Waals surface area contributed by atoms with E-state index >= 15 is 0 Å². The van der Waals surface area contributed by atoms with E-state index in [1.165, 1.54) is 17.4 Å². The SMILES string of the molecule is [Cd].[O]=[Hg][TeH]. The molecule has 4 heavy (non-hydrogen) atoms. The van der Waals surface area contributed by atoms with Crippen molar-refractivity contribution >= 4 is 17.4 Å². The van der Waals surface area contributed by atoms with E-state index in [0.29, 0.717) is 0 Å². The summed E-state index contributed by atoms with van der Waals surface area (Å²) in [5.74, 6) is 0. The summed E-state index contributed by atoms with van der Waals surface area (Å²) in [6.45, 7) is 0. The van der Waals surface area contributed by atoms with Crippen LogP contribution in [0.3, 0.4) is 0 Å². The molecule has 4 heteroatoms. The average Bonchev–Trinajstić information content (AvgIpc) is 0.918. The zero-order chi connectivity index (χ0) is 2.71. The van der Waals surface area contributed by atoms with Gasteiger partial charge in [0.05, 0.1) is 0 Å². The Kier molecular flexibility index (Phi) is 21.9. The fraction of sp³-hybridized carbons (Fsp3) is 0. The van der Waals surface area contributed by atoms with Crippen LogP contribution in [-0.4, -0.2) is 17.4 Å². The van der Waals surface area contributed by atoms with Gasteiger partial charge in [-0.25, -0.2) is 0 Å². The van der Waals surface area contributed by atoms with Gasteiger partial charge in [-0.1, -0.05) is 0 Å². The second-order valence-corrected chi connectivity index (χ2v) is 7.60. The Labute approximate surface area is 66.2 Å². The summed E-state index contributed by atoms with van der Waals surface area (Å²) in [4.78, 5) is 0. The van der Waals surface area contributed by atoms with Gasteiger partial charge in [0.2, 0.25) is 0 Å². The number of hydrogen-bond donors (Lipinski definition) is 0. The molecular formula is HCdHgOTe. The van der Waals surface area contributed by atoms with Crippen molar-refractivity contribution < 1.29 is 50.3 Å². The fourth-order valence-corrected chi connectivity index (χ4v) is 0. The van der Waals surface area contributed by atoms with Crippen LogP contribution in [0, 0.1) is 0 Å². The van der Waals surface area contributed by atoms with Crippen LogP contribution in [0.2, 0.25) is 0 Å². The van der Waals surface area contributed by atoms with Crippen LogP contribution >= 0.6 is 0 Å². The van der Waals surface area contributed by atoms with Gasteiger partial charge >= 0.3 is 40.4 Å². The van der Waals surface area contributed by atoms with Crippen molar-refractivity contribution in [2.45, 2.75) is 0 Å². The minimum atomic E-state index is -1.28. The molecule has 0 aromatic rings. The van der Waals surface area contributed by atoms with Crippen LogP contribution in [0.1, 0.15) is 0 Å². The van der Waals surface area contributed by atoms with Gasteiger partial charge in [-0.3, -0.25) is 0 Å². The van der Waals surface area contributed by atoms with E-state index < -0.39 is 20.3 Å². The Morgan fingerprint density at radius 1 is 1.75 bits per heavy atom. The third-order valence-corrected chi connectivity index (χ3v) is 0. The summed E-state index contributed by atoms with van der Waals surface area (Å²) >= 11 is 0.236. The summed E-state index contributed by atoms with van der Waals surface area (Å²) in [5.41, 5.74) is 0. The van der Waals surface area contributed by atoms with E-state index in [0.717, 1.165) is 0 Å². The quantitative estimate of drug-likeness (QED) is 0.437. The number of hydrogen-bond acceptors (Lipinski definition) is 1. The molecule has 0 unspecified atom stereocenters. The van der Waals surface area contributed by atoms with Crippen molar-refractivity contribution in [3.8, 4) is 0 Å². The summed E-state index contributed by atoms with van der Waals surface area (Å²) in [7, 11) is 0. The van der Waals surface area contributed by atoms with E-state index in [2.05, 4.69) is 0 Å². The van der Waals surface area contributed by atoms with E-state index in [1.807, 2.05) is 0 Å². The van der Waals surface area contributed by atoms with Crippen molar-refractivity contribution in [2.75, 3.05) is 0 Å². The van der Waals surface area contributed by atoms with E-state index in [4.69, 9.17) is 0 Å². The normalized spacial score (nSPS) is 2.25. The first-order chi connectivity index (χ1) is 1.41. The molecule has 0 saturated heterocycles. The first kappa shape index (κ1) is 9.67. The molecule has 0 fully saturated rings. The molecule has 0 aliphatic heterocycles. The molecule has 0 aliphatic carbocycles. The summed E-state index contributed by atoms with van der Waals surface area (Å²) in [5, 5.41) is 0. The van der Waals surface area contributed by atoms with Crippen molar-refractivity contribution in [3.05, 3.63) is 0 Å². The number of rotatable bonds is 0. The van der Waals surface area contributed by atoms with Gasteiger partial charge in [-0.2, -0.15) is 0 Å². The van der Waals surface area contributed by atoms with E-state index in [9.17, 15) is 2.64 Å².